The van der Waals surface area contributed by atoms with Crippen LogP contribution in [-0.2, 0) is 11.8 Å². The average Bonchev–Trinajstić information content (AvgIpc) is 3.31. The number of amides is 2. The molecule has 2 atom stereocenters. The second kappa shape index (κ2) is 8.36. The summed E-state index contributed by atoms with van der Waals surface area (Å²) in [4.78, 5) is 33.9. The van der Waals surface area contributed by atoms with Crippen molar-refractivity contribution in [3.05, 3.63) is 17.5 Å². The van der Waals surface area contributed by atoms with Gasteiger partial charge in [-0.2, -0.15) is 5.10 Å². The minimum Gasteiger partial charge on any atom is -0.495 e. The topological polar surface area (TPSA) is 89.8 Å². The van der Waals surface area contributed by atoms with Crippen LogP contribution < -0.4 is 4.74 Å². The van der Waals surface area contributed by atoms with E-state index in [4.69, 9.17) is 9.47 Å². The summed E-state index contributed by atoms with van der Waals surface area (Å²) in [7, 11) is 3.39. The number of aromatic nitrogens is 3. The average molecular weight is 430 g/mol. The number of carbonyl (C=O) groups excluding carboxylic acids is 2. The molecule has 0 spiro atoms. The highest BCUT2D eigenvalue weighted by Gasteiger charge is 2.42. The number of hydrogen-bond acceptors (Lipinski definition) is 6. The number of ether oxygens (including phenoxy) is 2. The maximum atomic E-state index is 13.3. The standard InChI is InChI=1S/C22H31N5O4/c1-6-13(2)17-12-31-22(29)27(17)15-7-9-26(10-8-15)21(28)16-11-23-20-18(19(16)30-5)14(3)24-25(20)4/h11,13,15,17H,6-10,12H2,1-5H3/t13-,17-/m0/s1. The third-order valence-corrected chi connectivity index (χ3v) is 6.81. The summed E-state index contributed by atoms with van der Waals surface area (Å²) >= 11 is 0. The van der Waals surface area contributed by atoms with E-state index in [0.717, 1.165) is 30.3 Å². The lowest BCUT2D eigenvalue weighted by atomic mass is 9.95. The minimum absolute atomic E-state index is 0.0983. The summed E-state index contributed by atoms with van der Waals surface area (Å²) < 4.78 is 12.7. The van der Waals surface area contributed by atoms with Crippen molar-refractivity contribution in [2.45, 2.75) is 52.1 Å². The van der Waals surface area contributed by atoms with Gasteiger partial charge in [0.05, 0.1) is 24.2 Å². The van der Waals surface area contributed by atoms with Crippen LogP contribution in [-0.4, -0.2) is 75.5 Å². The highest BCUT2D eigenvalue weighted by Crippen LogP contribution is 2.33. The van der Waals surface area contributed by atoms with E-state index in [1.807, 2.05) is 23.8 Å². The van der Waals surface area contributed by atoms with Crippen molar-refractivity contribution >= 4 is 23.0 Å². The number of cyclic esters (lactones) is 1. The Bertz CT molecular complexity index is 995. The van der Waals surface area contributed by atoms with E-state index in [2.05, 4.69) is 23.9 Å². The third-order valence-electron chi connectivity index (χ3n) is 6.81. The molecule has 31 heavy (non-hydrogen) atoms. The molecule has 2 amide bonds. The zero-order valence-electron chi connectivity index (χ0n) is 18.9. The lowest BCUT2D eigenvalue weighted by molar-refractivity contribution is 0.0612. The van der Waals surface area contributed by atoms with Gasteiger partial charge in [0.1, 0.15) is 17.9 Å². The summed E-state index contributed by atoms with van der Waals surface area (Å²) in [5.41, 5.74) is 1.91. The summed E-state index contributed by atoms with van der Waals surface area (Å²) in [6.45, 7) is 7.79. The quantitative estimate of drug-likeness (QED) is 0.726. The van der Waals surface area contributed by atoms with Crippen LogP contribution in [0.25, 0.3) is 11.0 Å². The third kappa shape index (κ3) is 3.59. The first-order valence-electron chi connectivity index (χ1n) is 11.0. The number of carbonyl (C=O) groups is 2. The molecule has 0 radical (unpaired) electrons. The fraction of sp³-hybridized carbons (Fsp3) is 0.636. The Kier molecular flexibility index (Phi) is 5.77. The molecule has 168 valence electrons. The number of fused-ring (bicyclic) bond motifs is 1. The van der Waals surface area contributed by atoms with Gasteiger partial charge in [-0.3, -0.25) is 14.4 Å². The predicted octanol–water partition coefficient (Wildman–Crippen LogP) is 2.76. The van der Waals surface area contributed by atoms with E-state index in [1.54, 1.807) is 18.0 Å². The van der Waals surface area contributed by atoms with E-state index in [9.17, 15) is 9.59 Å². The molecule has 2 saturated heterocycles. The molecule has 4 heterocycles. The van der Waals surface area contributed by atoms with Crippen LogP contribution >= 0.6 is 0 Å². The fourth-order valence-electron chi connectivity index (χ4n) is 4.84. The van der Waals surface area contributed by atoms with Crippen LogP contribution in [0.2, 0.25) is 0 Å². The maximum absolute atomic E-state index is 13.3. The van der Waals surface area contributed by atoms with Crippen molar-refractivity contribution in [2.75, 3.05) is 26.8 Å². The number of nitrogens with zero attached hydrogens (tertiary/aromatic N) is 5. The lowest BCUT2D eigenvalue weighted by Gasteiger charge is -2.39. The minimum atomic E-state index is -0.224. The van der Waals surface area contributed by atoms with Crippen LogP contribution in [0.4, 0.5) is 4.79 Å². The molecule has 9 heteroatoms. The van der Waals surface area contributed by atoms with Crippen molar-refractivity contribution in [3.8, 4) is 5.75 Å². The molecule has 0 N–H and O–H groups in total. The van der Waals surface area contributed by atoms with Gasteiger partial charge in [-0.1, -0.05) is 20.3 Å². The molecule has 0 aromatic carbocycles. The summed E-state index contributed by atoms with van der Waals surface area (Å²) in [5, 5.41) is 5.17. The van der Waals surface area contributed by atoms with Gasteiger partial charge in [0.15, 0.2) is 5.65 Å². The normalized spacial score (nSPS) is 20.9. The Balaban J connectivity index is 1.51. The highest BCUT2D eigenvalue weighted by molar-refractivity contribution is 6.02. The first kappa shape index (κ1) is 21.4. The molecule has 9 nitrogen and oxygen atoms in total. The van der Waals surface area contributed by atoms with Gasteiger partial charge in [0.2, 0.25) is 0 Å². The van der Waals surface area contributed by atoms with Gasteiger partial charge >= 0.3 is 6.09 Å². The smallest absolute Gasteiger partial charge is 0.410 e. The monoisotopic (exact) mass is 429 g/mol. The van der Waals surface area contributed by atoms with Crippen LogP contribution in [0.5, 0.6) is 5.75 Å². The molecule has 0 unspecified atom stereocenters. The van der Waals surface area contributed by atoms with Gasteiger partial charge in [0.25, 0.3) is 5.91 Å². The van der Waals surface area contributed by atoms with Crippen LogP contribution in [0.15, 0.2) is 6.20 Å². The van der Waals surface area contributed by atoms with Gasteiger partial charge in [-0.05, 0) is 25.7 Å². The Morgan fingerprint density at radius 3 is 2.71 bits per heavy atom. The first-order chi connectivity index (χ1) is 14.9. The van der Waals surface area contributed by atoms with Gasteiger partial charge in [-0.15, -0.1) is 0 Å². The Morgan fingerprint density at radius 1 is 1.35 bits per heavy atom. The second-order valence-corrected chi connectivity index (χ2v) is 8.57. The van der Waals surface area contributed by atoms with E-state index in [0.29, 0.717) is 42.6 Å². The Hall–Kier alpha value is -2.84. The molecule has 2 aliphatic heterocycles. The first-order valence-corrected chi connectivity index (χ1v) is 11.0. The van der Waals surface area contributed by atoms with Gasteiger partial charge < -0.3 is 14.4 Å². The maximum Gasteiger partial charge on any atom is 0.410 e. The van der Waals surface area contributed by atoms with Crippen molar-refractivity contribution < 1.29 is 19.1 Å². The van der Waals surface area contributed by atoms with Gasteiger partial charge in [-0.25, -0.2) is 9.78 Å². The molecule has 2 aliphatic rings. The Morgan fingerprint density at radius 2 is 2.06 bits per heavy atom. The molecular weight excluding hydrogens is 398 g/mol. The molecular formula is C22H31N5O4. The number of methoxy groups -OCH3 is 1. The number of pyridine rings is 1. The number of aryl methyl sites for hydroxylation is 2. The number of rotatable bonds is 5. The van der Waals surface area contributed by atoms with E-state index in [1.165, 1.54) is 0 Å². The Labute approximate surface area is 182 Å². The summed E-state index contributed by atoms with van der Waals surface area (Å²) in [6.07, 6.45) is 3.82. The van der Waals surface area contributed by atoms with Crippen molar-refractivity contribution in [1.82, 2.24) is 24.6 Å². The molecule has 4 rings (SSSR count). The zero-order chi connectivity index (χ0) is 22.3. The molecule has 2 aromatic rings. The molecule has 0 saturated carbocycles. The van der Waals surface area contributed by atoms with E-state index in [-0.39, 0.29) is 24.1 Å². The van der Waals surface area contributed by atoms with Crippen LogP contribution in [0.1, 0.15) is 49.2 Å². The summed E-state index contributed by atoms with van der Waals surface area (Å²) in [5.74, 6) is 0.800. The number of hydrogen-bond donors (Lipinski definition) is 0. The number of piperidine rings is 1. The van der Waals surface area contributed by atoms with Crippen LogP contribution in [0, 0.1) is 12.8 Å². The van der Waals surface area contributed by atoms with Crippen molar-refractivity contribution in [2.24, 2.45) is 13.0 Å². The lowest BCUT2D eigenvalue weighted by Crippen LogP contribution is -2.51. The van der Waals surface area contributed by atoms with Crippen LogP contribution in [0.3, 0.4) is 0 Å². The van der Waals surface area contributed by atoms with Gasteiger partial charge in [0, 0.05) is 32.4 Å². The molecule has 0 bridgehead atoms. The summed E-state index contributed by atoms with van der Waals surface area (Å²) in [6, 6.07) is 0.214. The van der Waals surface area contributed by atoms with E-state index >= 15 is 0 Å². The highest BCUT2D eigenvalue weighted by atomic mass is 16.6. The molecule has 2 fully saturated rings. The predicted molar refractivity (Wildman–Crippen MR) is 115 cm³/mol. The SMILES string of the molecule is CC[C@H](C)[C@@H]1COC(=O)N1C1CCN(C(=O)c2cnc3c(c(C)nn3C)c2OC)CC1. The second-order valence-electron chi connectivity index (χ2n) is 8.57. The number of likely N-dealkylation sites (tertiary alicyclic amines) is 1. The largest absolute Gasteiger partial charge is 0.495 e. The molecule has 2 aromatic heterocycles. The van der Waals surface area contributed by atoms with E-state index < -0.39 is 0 Å². The fourth-order valence-corrected chi connectivity index (χ4v) is 4.84. The molecule has 0 aliphatic carbocycles. The zero-order valence-corrected chi connectivity index (χ0v) is 18.9. The van der Waals surface area contributed by atoms with Crippen molar-refractivity contribution in [1.29, 1.82) is 0 Å². The van der Waals surface area contributed by atoms with Crippen molar-refractivity contribution in [3.63, 3.8) is 0 Å².